The number of hydrogen-bond acceptors (Lipinski definition) is 3. The summed E-state index contributed by atoms with van der Waals surface area (Å²) in [5, 5.41) is 4.30. The lowest BCUT2D eigenvalue weighted by atomic mass is 9.96. The van der Waals surface area contributed by atoms with Crippen LogP contribution >= 0.6 is 11.6 Å². The SMILES string of the molecule is CN(C)c1ccc(C(c2cccc(Cl)c2)N2CCCNCC2)cc1. The highest BCUT2D eigenvalue weighted by molar-refractivity contribution is 6.30. The van der Waals surface area contributed by atoms with Crippen LogP contribution < -0.4 is 10.2 Å². The summed E-state index contributed by atoms with van der Waals surface area (Å²) in [5.74, 6) is 0. The predicted molar refractivity (Wildman–Crippen MR) is 103 cm³/mol. The van der Waals surface area contributed by atoms with Gasteiger partial charge in [-0.2, -0.15) is 0 Å². The summed E-state index contributed by atoms with van der Waals surface area (Å²) in [4.78, 5) is 4.70. The first-order valence-corrected chi connectivity index (χ1v) is 9.00. The van der Waals surface area contributed by atoms with E-state index in [1.807, 2.05) is 6.07 Å². The number of nitrogens with zero attached hydrogens (tertiary/aromatic N) is 2. The number of hydrogen-bond donors (Lipinski definition) is 1. The molecule has 1 saturated heterocycles. The van der Waals surface area contributed by atoms with Gasteiger partial charge in [0.1, 0.15) is 0 Å². The summed E-state index contributed by atoms with van der Waals surface area (Å²) in [6.07, 6.45) is 1.17. The molecular formula is C20H26ClN3. The quantitative estimate of drug-likeness (QED) is 0.911. The van der Waals surface area contributed by atoms with Gasteiger partial charge in [0, 0.05) is 44.4 Å². The van der Waals surface area contributed by atoms with E-state index in [2.05, 4.69) is 71.7 Å². The summed E-state index contributed by atoms with van der Waals surface area (Å²) < 4.78 is 0. The van der Waals surface area contributed by atoms with Gasteiger partial charge in [-0.3, -0.25) is 4.90 Å². The average Bonchev–Trinajstić information content (AvgIpc) is 2.85. The Morgan fingerprint density at radius 2 is 1.79 bits per heavy atom. The maximum atomic E-state index is 6.28. The lowest BCUT2D eigenvalue weighted by molar-refractivity contribution is 0.241. The first kappa shape index (κ1) is 17.3. The Morgan fingerprint density at radius 3 is 2.50 bits per heavy atom. The van der Waals surface area contributed by atoms with Crippen molar-refractivity contribution in [2.45, 2.75) is 12.5 Å². The predicted octanol–water partition coefficient (Wildman–Crippen LogP) is 3.79. The largest absolute Gasteiger partial charge is 0.378 e. The maximum Gasteiger partial charge on any atom is 0.0602 e. The minimum absolute atomic E-state index is 0.250. The number of benzene rings is 2. The van der Waals surface area contributed by atoms with Crippen LogP contribution in [0.5, 0.6) is 0 Å². The van der Waals surface area contributed by atoms with Crippen LogP contribution in [0.2, 0.25) is 5.02 Å². The minimum atomic E-state index is 0.250. The Bertz CT molecular complexity index is 646. The second-order valence-corrected chi connectivity index (χ2v) is 7.02. The minimum Gasteiger partial charge on any atom is -0.378 e. The van der Waals surface area contributed by atoms with E-state index in [1.165, 1.54) is 23.2 Å². The molecule has 3 nitrogen and oxygen atoms in total. The molecule has 1 atom stereocenters. The molecule has 0 amide bonds. The Labute approximate surface area is 150 Å². The Balaban J connectivity index is 1.97. The molecule has 24 heavy (non-hydrogen) atoms. The molecule has 0 aliphatic carbocycles. The Kier molecular flexibility index (Phi) is 5.77. The normalized spacial score (nSPS) is 17.3. The van der Waals surface area contributed by atoms with E-state index >= 15 is 0 Å². The van der Waals surface area contributed by atoms with Gasteiger partial charge in [-0.05, 0) is 48.4 Å². The van der Waals surface area contributed by atoms with Gasteiger partial charge >= 0.3 is 0 Å². The molecule has 0 radical (unpaired) electrons. The van der Waals surface area contributed by atoms with Gasteiger partial charge in [0.25, 0.3) is 0 Å². The highest BCUT2D eigenvalue weighted by atomic mass is 35.5. The van der Waals surface area contributed by atoms with Crippen LogP contribution in [0.1, 0.15) is 23.6 Å². The first-order valence-electron chi connectivity index (χ1n) is 8.62. The third kappa shape index (κ3) is 4.10. The van der Waals surface area contributed by atoms with Crippen molar-refractivity contribution in [3.8, 4) is 0 Å². The van der Waals surface area contributed by atoms with Gasteiger partial charge in [0.05, 0.1) is 6.04 Å². The molecule has 0 aromatic heterocycles. The van der Waals surface area contributed by atoms with E-state index in [0.29, 0.717) is 0 Å². The fourth-order valence-electron chi connectivity index (χ4n) is 3.37. The molecule has 128 valence electrons. The van der Waals surface area contributed by atoms with Gasteiger partial charge in [-0.25, -0.2) is 0 Å². The van der Waals surface area contributed by atoms with Crippen molar-refractivity contribution >= 4 is 17.3 Å². The molecule has 1 N–H and O–H groups in total. The molecule has 2 aromatic carbocycles. The van der Waals surface area contributed by atoms with E-state index in [9.17, 15) is 0 Å². The third-order valence-electron chi connectivity index (χ3n) is 4.63. The van der Waals surface area contributed by atoms with Crippen LogP contribution in [-0.4, -0.2) is 45.2 Å². The monoisotopic (exact) mass is 343 g/mol. The number of nitrogens with one attached hydrogen (secondary N) is 1. The molecule has 1 aliphatic rings. The zero-order chi connectivity index (χ0) is 16.9. The molecule has 1 heterocycles. The summed E-state index contributed by atoms with van der Waals surface area (Å²) in [6, 6.07) is 17.4. The van der Waals surface area contributed by atoms with Gasteiger partial charge in [0.2, 0.25) is 0 Å². The molecule has 2 aromatic rings. The summed E-state index contributed by atoms with van der Waals surface area (Å²) >= 11 is 6.28. The number of halogens is 1. The second-order valence-electron chi connectivity index (χ2n) is 6.58. The average molecular weight is 344 g/mol. The second kappa shape index (κ2) is 8.02. The van der Waals surface area contributed by atoms with Crippen LogP contribution in [0.3, 0.4) is 0 Å². The zero-order valence-electron chi connectivity index (χ0n) is 14.5. The van der Waals surface area contributed by atoms with Crippen LogP contribution in [0.25, 0.3) is 0 Å². The number of anilines is 1. The summed E-state index contributed by atoms with van der Waals surface area (Å²) in [6.45, 7) is 4.28. The van der Waals surface area contributed by atoms with E-state index < -0.39 is 0 Å². The van der Waals surface area contributed by atoms with Crippen molar-refractivity contribution < 1.29 is 0 Å². The highest BCUT2D eigenvalue weighted by Crippen LogP contribution is 2.31. The van der Waals surface area contributed by atoms with Crippen molar-refractivity contribution in [2.75, 3.05) is 45.2 Å². The van der Waals surface area contributed by atoms with Crippen LogP contribution in [0.15, 0.2) is 48.5 Å². The van der Waals surface area contributed by atoms with Crippen LogP contribution in [0, 0.1) is 0 Å². The molecule has 1 aliphatic heterocycles. The van der Waals surface area contributed by atoms with E-state index in [0.717, 1.165) is 31.2 Å². The fraction of sp³-hybridized carbons (Fsp3) is 0.400. The van der Waals surface area contributed by atoms with E-state index in [4.69, 9.17) is 11.6 Å². The first-order chi connectivity index (χ1) is 11.6. The highest BCUT2D eigenvalue weighted by Gasteiger charge is 2.23. The van der Waals surface area contributed by atoms with Crippen LogP contribution in [-0.2, 0) is 0 Å². The fourth-order valence-corrected chi connectivity index (χ4v) is 3.57. The van der Waals surface area contributed by atoms with Gasteiger partial charge in [-0.1, -0.05) is 35.9 Å². The van der Waals surface area contributed by atoms with Crippen molar-refractivity contribution in [3.05, 3.63) is 64.7 Å². The Morgan fingerprint density at radius 1 is 1.00 bits per heavy atom. The van der Waals surface area contributed by atoms with Gasteiger partial charge < -0.3 is 10.2 Å². The molecule has 1 fully saturated rings. The summed E-state index contributed by atoms with van der Waals surface area (Å²) in [5.41, 5.74) is 3.81. The molecule has 0 bridgehead atoms. The molecule has 3 rings (SSSR count). The number of rotatable bonds is 4. The lowest BCUT2D eigenvalue weighted by Gasteiger charge is -2.31. The van der Waals surface area contributed by atoms with E-state index in [1.54, 1.807) is 0 Å². The van der Waals surface area contributed by atoms with Gasteiger partial charge in [-0.15, -0.1) is 0 Å². The van der Waals surface area contributed by atoms with Crippen molar-refractivity contribution in [3.63, 3.8) is 0 Å². The topological polar surface area (TPSA) is 18.5 Å². The maximum absolute atomic E-state index is 6.28. The summed E-state index contributed by atoms with van der Waals surface area (Å²) in [7, 11) is 4.15. The van der Waals surface area contributed by atoms with E-state index in [-0.39, 0.29) is 6.04 Å². The molecular weight excluding hydrogens is 318 g/mol. The standard InChI is InChI=1S/C20H26ClN3/c1-23(2)19-9-7-16(8-10-19)20(17-5-3-6-18(21)15-17)24-13-4-11-22-12-14-24/h3,5-10,15,20,22H,4,11-14H2,1-2H3. The smallest absolute Gasteiger partial charge is 0.0602 e. The van der Waals surface area contributed by atoms with Crippen molar-refractivity contribution in [1.29, 1.82) is 0 Å². The molecule has 0 spiro atoms. The molecule has 4 heteroatoms. The molecule has 0 saturated carbocycles. The van der Waals surface area contributed by atoms with Crippen molar-refractivity contribution in [2.24, 2.45) is 0 Å². The van der Waals surface area contributed by atoms with Crippen molar-refractivity contribution in [1.82, 2.24) is 10.2 Å². The third-order valence-corrected chi connectivity index (χ3v) is 4.86. The van der Waals surface area contributed by atoms with Gasteiger partial charge in [0.15, 0.2) is 0 Å². The van der Waals surface area contributed by atoms with Crippen LogP contribution in [0.4, 0.5) is 5.69 Å². The Hall–Kier alpha value is -1.55. The molecule has 1 unspecified atom stereocenters. The zero-order valence-corrected chi connectivity index (χ0v) is 15.3. The lowest BCUT2D eigenvalue weighted by Crippen LogP contribution is -2.33.